The average molecular weight is 1590 g/mol. The number of pyridine rings is 3. The molecule has 0 radical (unpaired) electrons. The van der Waals surface area contributed by atoms with Gasteiger partial charge in [0.15, 0.2) is 17.5 Å². The Morgan fingerprint density at radius 3 is 0.927 bits per heavy atom. The first-order valence-corrected chi connectivity index (χ1v) is 41.8. The van der Waals surface area contributed by atoms with Crippen LogP contribution in [0.1, 0.15) is 0 Å². The fourth-order valence-electron chi connectivity index (χ4n) is 15.9. The number of nitrogens with zero attached hydrogens (tertiary/aromatic N) is 9. The molecule has 0 saturated carbocycles. The molecule has 10 heteroatoms. The summed E-state index contributed by atoms with van der Waals surface area (Å²) in [6.07, 6.45) is 10.8. The van der Waals surface area contributed by atoms with Gasteiger partial charge < -0.3 is 0 Å². The molecule has 0 aliphatic heterocycles. The summed E-state index contributed by atoms with van der Waals surface area (Å²) in [5.74, 6) is 1.97. The first-order chi connectivity index (χ1) is 60.9. The van der Waals surface area contributed by atoms with Gasteiger partial charge in [0.25, 0.3) is 0 Å². The lowest BCUT2D eigenvalue weighted by molar-refractivity contribution is 1.17. The molecule has 7 aromatic heterocycles. The maximum atomic E-state index is 5.05. The van der Waals surface area contributed by atoms with Crippen molar-refractivity contribution in [1.82, 2.24) is 44.9 Å². The van der Waals surface area contributed by atoms with Crippen molar-refractivity contribution in [2.45, 2.75) is 0 Å². The van der Waals surface area contributed by atoms with E-state index < -0.39 is 0 Å². The highest BCUT2D eigenvalue weighted by Gasteiger charge is 2.19. The summed E-state index contributed by atoms with van der Waals surface area (Å²) in [7, 11) is 0. The Hall–Kier alpha value is -16.3. The van der Waals surface area contributed by atoms with Crippen molar-refractivity contribution in [3.05, 3.63) is 456 Å². The summed E-state index contributed by atoms with van der Waals surface area (Å²) in [4.78, 5) is 42.9. The molecular formula is C113H75N9S. The van der Waals surface area contributed by atoms with Gasteiger partial charge in [-0.15, -0.1) is 11.3 Å². The summed E-state index contributed by atoms with van der Waals surface area (Å²) >= 11 is 1.85. The third kappa shape index (κ3) is 16.6. The van der Waals surface area contributed by atoms with Crippen LogP contribution in [0.2, 0.25) is 0 Å². The van der Waals surface area contributed by atoms with E-state index in [0.29, 0.717) is 17.5 Å². The van der Waals surface area contributed by atoms with Crippen molar-refractivity contribution < 1.29 is 0 Å². The number of rotatable bonds is 15. The predicted octanol–water partition coefficient (Wildman–Crippen LogP) is 29.3. The largest absolute Gasteiger partial charge is 0.264 e. The Morgan fingerprint density at radius 1 is 0.163 bits per heavy atom. The van der Waals surface area contributed by atoms with Gasteiger partial charge in [-0.25, -0.2) is 29.9 Å². The van der Waals surface area contributed by atoms with Crippen LogP contribution in [0.15, 0.2) is 456 Å². The lowest BCUT2D eigenvalue weighted by Gasteiger charge is -2.12. The molecule has 22 aromatic rings. The van der Waals surface area contributed by atoms with E-state index >= 15 is 0 Å². The summed E-state index contributed by atoms with van der Waals surface area (Å²) in [5, 5.41) is 7.54. The zero-order valence-corrected chi connectivity index (χ0v) is 67.6. The van der Waals surface area contributed by atoms with E-state index in [2.05, 4.69) is 379 Å². The number of hydrogen-bond acceptors (Lipinski definition) is 10. The predicted molar refractivity (Wildman–Crippen MR) is 509 cm³/mol. The van der Waals surface area contributed by atoms with Crippen LogP contribution in [0.5, 0.6) is 0 Å². The third-order valence-electron chi connectivity index (χ3n) is 22.2. The Kier molecular flexibility index (Phi) is 21.3. The molecule has 0 N–H and O–H groups in total. The van der Waals surface area contributed by atoms with Crippen molar-refractivity contribution in [2.24, 2.45) is 0 Å². The topological polar surface area (TPSA) is 116 Å². The molecule has 0 aliphatic carbocycles. The molecule has 0 atom stereocenters. The van der Waals surface area contributed by atoms with Crippen molar-refractivity contribution >= 4 is 53.1 Å². The molecule has 0 aliphatic rings. The van der Waals surface area contributed by atoms with Crippen LogP contribution < -0.4 is 0 Å². The molecule has 0 saturated heterocycles. The molecule has 22 rings (SSSR count). The van der Waals surface area contributed by atoms with Crippen LogP contribution in [0, 0.1) is 0 Å². The quantitative estimate of drug-likeness (QED) is 0.0989. The minimum Gasteiger partial charge on any atom is -0.264 e. The maximum absolute atomic E-state index is 5.05. The van der Waals surface area contributed by atoms with Crippen LogP contribution in [-0.2, 0) is 0 Å². The van der Waals surface area contributed by atoms with Gasteiger partial charge in [-0.05, 0) is 173 Å². The fourth-order valence-corrected chi connectivity index (χ4v) is 17.1. The lowest BCUT2D eigenvalue weighted by atomic mass is 9.96. The van der Waals surface area contributed by atoms with E-state index in [4.69, 9.17) is 29.9 Å². The van der Waals surface area contributed by atoms with E-state index in [1.165, 1.54) is 97.4 Å². The van der Waals surface area contributed by atoms with Crippen molar-refractivity contribution in [3.8, 4) is 168 Å². The highest BCUT2D eigenvalue weighted by atomic mass is 32.1. The number of aromatic nitrogens is 9. The smallest absolute Gasteiger partial charge is 0.161 e. The molecule has 0 fully saturated rings. The summed E-state index contributed by atoms with van der Waals surface area (Å²) < 4.78 is 2.61. The fraction of sp³-hybridized carbons (Fsp3) is 0. The summed E-state index contributed by atoms with van der Waals surface area (Å²) in [6, 6.07) is 146. The van der Waals surface area contributed by atoms with E-state index in [1.807, 2.05) is 84.5 Å². The maximum Gasteiger partial charge on any atom is 0.161 e. The number of fused-ring (bicyclic) bond motifs is 5. The Bertz CT molecular complexity index is 7490. The molecule has 15 aromatic carbocycles. The minimum absolute atomic E-state index is 0.656. The van der Waals surface area contributed by atoms with Crippen molar-refractivity contribution in [1.29, 1.82) is 0 Å². The highest BCUT2D eigenvalue weighted by molar-refractivity contribution is 7.26. The first kappa shape index (κ1) is 75.5. The molecule has 0 spiro atoms. The average Bonchev–Trinajstić information content (AvgIpc) is 1.61. The molecular weight excluding hydrogens is 1520 g/mol. The second-order valence-electron chi connectivity index (χ2n) is 30.1. The molecule has 0 bridgehead atoms. The van der Waals surface area contributed by atoms with Crippen molar-refractivity contribution in [3.63, 3.8) is 0 Å². The van der Waals surface area contributed by atoms with Crippen molar-refractivity contribution in [2.75, 3.05) is 0 Å². The standard InChI is InChI=1S/C39H25N3S.2C37H25N3/c1-2-9-26(10-3-1)27-18-20-28(21-19-27)35-24-36(42-39(41-35)31-13-8-22-40-25-31)30-12-6-11-29(23-30)32-15-7-16-34-33-14-4-5-17-37(33)43-38(32)34;1-2-9-26(10-3-1)27-18-20-29(21-19-27)35-24-36(40-37(39-35)32-15-8-22-38-25-32)31-14-6-13-30(23-31)34-17-7-12-28-11-4-5-16-33(28)34;1-2-8-26(9-3-1)28-15-18-29(19-16-28)35-24-36(40-37(39-35)34-14-7-21-38-25-34)33-13-6-12-31(23-33)32-20-17-27-10-4-5-11-30(27)22-32/h1-25H;2*1-25H. The monoisotopic (exact) mass is 1590 g/mol. The van der Waals surface area contributed by atoms with E-state index in [1.54, 1.807) is 18.6 Å². The van der Waals surface area contributed by atoms with E-state index in [-0.39, 0.29) is 0 Å². The van der Waals surface area contributed by atoms with Crippen LogP contribution in [0.4, 0.5) is 0 Å². The van der Waals surface area contributed by atoms with Gasteiger partial charge in [-0.2, -0.15) is 0 Å². The highest BCUT2D eigenvalue weighted by Crippen LogP contribution is 2.43. The van der Waals surface area contributed by atoms with Gasteiger partial charge in [0, 0.05) is 107 Å². The van der Waals surface area contributed by atoms with Gasteiger partial charge in [-0.1, -0.05) is 334 Å². The van der Waals surface area contributed by atoms with Crippen LogP contribution in [0.25, 0.3) is 210 Å². The normalized spacial score (nSPS) is 11.1. The second-order valence-corrected chi connectivity index (χ2v) is 31.1. The number of benzene rings is 15. The van der Waals surface area contributed by atoms with Gasteiger partial charge in [-0.3, -0.25) is 15.0 Å². The summed E-state index contributed by atoms with van der Waals surface area (Å²) in [5.41, 5.74) is 28.4. The third-order valence-corrected chi connectivity index (χ3v) is 23.4. The van der Waals surface area contributed by atoms with Crippen LogP contribution in [0.3, 0.4) is 0 Å². The lowest BCUT2D eigenvalue weighted by Crippen LogP contribution is -1.96. The van der Waals surface area contributed by atoms with Gasteiger partial charge in [0.05, 0.1) is 34.2 Å². The van der Waals surface area contributed by atoms with E-state index in [0.717, 1.165) is 95.4 Å². The SMILES string of the molecule is c1ccc(-c2ccc(-c3cc(-c4cccc(-c5ccc6ccccc6c5)c4)nc(-c4cccnc4)n3)cc2)cc1.c1ccc(-c2ccc(-c3cc(-c4cccc(-c5cccc6c5sc5ccccc56)c4)nc(-c4cccnc4)n3)cc2)cc1.c1ccc(-c2ccc(-c3cc(-c4cccc(-c5cccc6ccccc56)c4)nc(-c4cccnc4)n3)cc2)cc1. The van der Waals surface area contributed by atoms with Crippen LogP contribution >= 0.6 is 11.3 Å². The second kappa shape index (κ2) is 34.7. The Balaban J connectivity index is 0.000000117. The minimum atomic E-state index is 0.656. The molecule has 9 nitrogen and oxygen atoms in total. The van der Waals surface area contributed by atoms with E-state index in [9.17, 15) is 0 Å². The Morgan fingerprint density at radius 2 is 0.463 bits per heavy atom. The van der Waals surface area contributed by atoms with Gasteiger partial charge in [0.1, 0.15) is 0 Å². The van der Waals surface area contributed by atoms with Gasteiger partial charge >= 0.3 is 0 Å². The molecule has 7 heterocycles. The van der Waals surface area contributed by atoms with Gasteiger partial charge in [0.2, 0.25) is 0 Å². The number of hydrogen-bond donors (Lipinski definition) is 0. The molecule has 578 valence electrons. The Labute approximate surface area is 717 Å². The molecule has 123 heavy (non-hydrogen) atoms. The molecule has 0 unspecified atom stereocenters. The first-order valence-electron chi connectivity index (χ1n) is 41.0. The zero-order chi connectivity index (χ0) is 82.0. The zero-order valence-electron chi connectivity index (χ0n) is 66.7. The van der Waals surface area contributed by atoms with Crippen LogP contribution in [-0.4, -0.2) is 44.9 Å². The number of thiophene rings is 1. The summed E-state index contributed by atoms with van der Waals surface area (Å²) in [6.45, 7) is 0. The molecule has 0 amide bonds.